The second kappa shape index (κ2) is 4.32. The first-order valence-electron chi connectivity index (χ1n) is 5.16. The Bertz CT molecular complexity index is 606. The van der Waals surface area contributed by atoms with Crippen LogP contribution in [0.1, 0.15) is 0 Å². The monoisotopic (exact) mass is 248 g/mol. The molecule has 0 aliphatic carbocycles. The number of nitro benzene ring substituents is 1. The quantitative estimate of drug-likeness (QED) is 0.476. The zero-order chi connectivity index (χ0) is 13.3. The lowest BCUT2D eigenvalue weighted by atomic mass is 10.1. The van der Waals surface area contributed by atoms with Gasteiger partial charge in [0.25, 0.3) is 5.69 Å². The molecule has 2 rings (SSSR count). The summed E-state index contributed by atoms with van der Waals surface area (Å²) < 4.78 is 1.72. The van der Waals surface area contributed by atoms with Crippen molar-refractivity contribution in [1.29, 1.82) is 0 Å². The molecular weight excluding hydrogens is 236 g/mol. The molecule has 8 nitrogen and oxygen atoms in total. The minimum atomic E-state index is -0.490. The van der Waals surface area contributed by atoms with E-state index in [0.717, 1.165) is 0 Å². The van der Waals surface area contributed by atoms with E-state index < -0.39 is 4.92 Å². The predicted molar refractivity (Wildman–Crippen MR) is 67.1 cm³/mol. The van der Waals surface area contributed by atoms with Crippen molar-refractivity contribution in [3.05, 3.63) is 28.3 Å². The van der Waals surface area contributed by atoms with Crippen LogP contribution in [0.4, 0.5) is 17.3 Å². The summed E-state index contributed by atoms with van der Waals surface area (Å²) in [4.78, 5) is 10.1. The molecule has 0 atom stereocenters. The van der Waals surface area contributed by atoms with E-state index in [1.54, 1.807) is 24.7 Å². The number of nitrogens with one attached hydrogen (secondary N) is 1. The van der Waals surface area contributed by atoms with E-state index in [-0.39, 0.29) is 5.69 Å². The fourth-order valence-corrected chi connectivity index (χ4v) is 1.65. The van der Waals surface area contributed by atoms with Crippen molar-refractivity contribution in [2.75, 3.05) is 18.1 Å². The van der Waals surface area contributed by atoms with E-state index >= 15 is 0 Å². The number of benzene rings is 1. The second-order valence-corrected chi connectivity index (χ2v) is 3.68. The lowest BCUT2D eigenvalue weighted by molar-refractivity contribution is -0.384. The fraction of sp³-hybridized carbons (Fsp3) is 0.200. The summed E-state index contributed by atoms with van der Waals surface area (Å²) in [5.74, 6) is 1.13. The molecule has 0 amide bonds. The van der Waals surface area contributed by atoms with E-state index in [1.807, 2.05) is 0 Å². The Hall–Kier alpha value is -2.64. The normalized spacial score (nSPS) is 10.3. The van der Waals surface area contributed by atoms with Crippen molar-refractivity contribution < 1.29 is 4.92 Å². The molecule has 18 heavy (non-hydrogen) atoms. The number of non-ortho nitro benzene ring substituents is 1. The maximum atomic E-state index is 10.6. The summed E-state index contributed by atoms with van der Waals surface area (Å²) in [5.41, 5.74) is 6.66. The van der Waals surface area contributed by atoms with Crippen LogP contribution in [-0.2, 0) is 7.05 Å². The van der Waals surface area contributed by atoms with E-state index in [0.29, 0.717) is 23.0 Å². The van der Waals surface area contributed by atoms with Crippen LogP contribution in [0.3, 0.4) is 0 Å². The molecule has 94 valence electrons. The van der Waals surface area contributed by atoms with Crippen LogP contribution >= 0.6 is 0 Å². The van der Waals surface area contributed by atoms with Crippen LogP contribution in [0.2, 0.25) is 0 Å². The van der Waals surface area contributed by atoms with Gasteiger partial charge < -0.3 is 11.1 Å². The number of hydrogen-bond donors (Lipinski definition) is 2. The van der Waals surface area contributed by atoms with E-state index in [9.17, 15) is 10.1 Å². The number of aromatic nitrogens is 3. The Morgan fingerprint density at radius 2 is 2.17 bits per heavy atom. The largest absolute Gasteiger partial charge is 0.398 e. The second-order valence-electron chi connectivity index (χ2n) is 3.68. The molecular formula is C10H12N6O2. The van der Waals surface area contributed by atoms with Crippen LogP contribution < -0.4 is 11.1 Å². The van der Waals surface area contributed by atoms with Crippen molar-refractivity contribution >= 4 is 17.3 Å². The number of rotatable bonds is 3. The number of hydrogen-bond acceptors (Lipinski definition) is 6. The minimum absolute atomic E-state index is 0.0488. The van der Waals surface area contributed by atoms with Gasteiger partial charge in [-0.1, -0.05) is 0 Å². The van der Waals surface area contributed by atoms with Crippen molar-refractivity contribution in [3.63, 3.8) is 0 Å². The summed E-state index contributed by atoms with van der Waals surface area (Å²) in [6.45, 7) is 0. The van der Waals surface area contributed by atoms with Gasteiger partial charge in [-0.2, -0.15) is 0 Å². The number of nitro groups is 1. The van der Waals surface area contributed by atoms with E-state index in [4.69, 9.17) is 5.73 Å². The Morgan fingerprint density at radius 1 is 1.44 bits per heavy atom. The highest BCUT2D eigenvalue weighted by molar-refractivity contribution is 5.74. The number of anilines is 2. The molecule has 0 saturated heterocycles. The van der Waals surface area contributed by atoms with Gasteiger partial charge in [0.15, 0.2) is 5.82 Å². The Kier molecular flexibility index (Phi) is 2.84. The third kappa shape index (κ3) is 1.83. The molecule has 0 aliphatic heterocycles. The zero-order valence-corrected chi connectivity index (χ0v) is 9.91. The molecule has 3 N–H and O–H groups in total. The van der Waals surface area contributed by atoms with Gasteiger partial charge in [0.2, 0.25) is 5.95 Å². The standard InChI is InChI=1S/C10H12N6O2/c1-12-10-14-13-9(15(10)2)7-4-3-6(16(17)18)5-8(7)11/h3-5H,11H2,1-2H3,(H,12,14). The lowest BCUT2D eigenvalue weighted by Gasteiger charge is -2.05. The van der Waals surface area contributed by atoms with Gasteiger partial charge in [-0.25, -0.2) is 0 Å². The minimum Gasteiger partial charge on any atom is -0.398 e. The molecule has 2 aromatic rings. The Labute approximate surface area is 103 Å². The average Bonchev–Trinajstić information content (AvgIpc) is 2.70. The van der Waals surface area contributed by atoms with Gasteiger partial charge in [0, 0.05) is 37.5 Å². The van der Waals surface area contributed by atoms with Crippen LogP contribution in [-0.4, -0.2) is 26.7 Å². The van der Waals surface area contributed by atoms with Gasteiger partial charge in [-0.3, -0.25) is 14.7 Å². The molecule has 1 aromatic heterocycles. The first kappa shape index (κ1) is 11.8. The van der Waals surface area contributed by atoms with Crippen molar-refractivity contribution in [2.24, 2.45) is 7.05 Å². The smallest absolute Gasteiger partial charge is 0.271 e. The van der Waals surface area contributed by atoms with Gasteiger partial charge in [0.1, 0.15) is 0 Å². The van der Waals surface area contributed by atoms with Crippen molar-refractivity contribution in [2.45, 2.75) is 0 Å². The van der Waals surface area contributed by atoms with Crippen LogP contribution in [0.5, 0.6) is 0 Å². The number of nitrogen functional groups attached to an aromatic ring is 1. The molecule has 0 aliphatic rings. The molecule has 0 spiro atoms. The summed E-state index contributed by atoms with van der Waals surface area (Å²) in [6, 6.07) is 4.26. The maximum absolute atomic E-state index is 10.6. The Morgan fingerprint density at radius 3 is 2.67 bits per heavy atom. The average molecular weight is 248 g/mol. The summed E-state index contributed by atoms with van der Waals surface area (Å²) in [7, 11) is 3.51. The molecule has 0 fully saturated rings. The fourth-order valence-electron chi connectivity index (χ4n) is 1.65. The van der Waals surface area contributed by atoms with Crippen LogP contribution in [0, 0.1) is 10.1 Å². The molecule has 1 heterocycles. The highest BCUT2D eigenvalue weighted by Gasteiger charge is 2.15. The first-order chi connectivity index (χ1) is 8.54. The summed E-state index contributed by atoms with van der Waals surface area (Å²) in [6.07, 6.45) is 0. The number of nitrogens with zero attached hydrogens (tertiary/aromatic N) is 4. The molecule has 1 aromatic carbocycles. The summed E-state index contributed by atoms with van der Waals surface area (Å²) >= 11 is 0. The van der Waals surface area contributed by atoms with Crippen molar-refractivity contribution in [3.8, 4) is 11.4 Å². The Balaban J connectivity index is 2.51. The van der Waals surface area contributed by atoms with Gasteiger partial charge >= 0.3 is 0 Å². The molecule has 8 heteroatoms. The lowest BCUT2D eigenvalue weighted by Crippen LogP contribution is -2.01. The van der Waals surface area contributed by atoms with Crippen LogP contribution in [0.15, 0.2) is 18.2 Å². The third-order valence-electron chi connectivity index (χ3n) is 2.59. The number of nitrogens with two attached hydrogens (primary N) is 1. The third-order valence-corrected chi connectivity index (χ3v) is 2.59. The van der Waals surface area contributed by atoms with Gasteiger partial charge in [-0.15, -0.1) is 10.2 Å². The SMILES string of the molecule is CNc1nnc(-c2ccc([N+](=O)[O-])cc2N)n1C. The van der Waals surface area contributed by atoms with Crippen molar-refractivity contribution in [1.82, 2.24) is 14.8 Å². The van der Waals surface area contributed by atoms with Crippen LogP contribution in [0.25, 0.3) is 11.4 Å². The first-order valence-corrected chi connectivity index (χ1v) is 5.16. The maximum Gasteiger partial charge on any atom is 0.271 e. The van der Waals surface area contributed by atoms with Gasteiger partial charge in [0.05, 0.1) is 4.92 Å². The van der Waals surface area contributed by atoms with E-state index in [1.165, 1.54) is 12.1 Å². The topological polar surface area (TPSA) is 112 Å². The molecule has 0 unspecified atom stereocenters. The molecule has 0 radical (unpaired) electrons. The predicted octanol–water partition coefficient (Wildman–Crippen LogP) is 1.01. The molecule has 0 saturated carbocycles. The highest BCUT2D eigenvalue weighted by atomic mass is 16.6. The van der Waals surface area contributed by atoms with E-state index in [2.05, 4.69) is 15.5 Å². The van der Waals surface area contributed by atoms with Gasteiger partial charge in [-0.05, 0) is 6.07 Å². The highest BCUT2D eigenvalue weighted by Crippen LogP contribution is 2.28. The summed E-state index contributed by atoms with van der Waals surface area (Å²) in [5, 5.41) is 21.4. The molecule has 0 bridgehead atoms. The zero-order valence-electron chi connectivity index (χ0n) is 9.91.